The van der Waals surface area contributed by atoms with Crippen molar-refractivity contribution in [3.63, 3.8) is 0 Å². The van der Waals surface area contributed by atoms with Crippen molar-refractivity contribution in [2.75, 3.05) is 7.11 Å². The first-order valence-corrected chi connectivity index (χ1v) is 9.48. The molecule has 9 heteroatoms. The third kappa shape index (κ3) is 4.66. The van der Waals surface area contributed by atoms with Gasteiger partial charge in [0, 0.05) is 35.7 Å². The molecule has 0 saturated carbocycles. The molecular weight excluding hydrogens is 402 g/mol. The van der Waals surface area contributed by atoms with Crippen molar-refractivity contribution in [3.05, 3.63) is 81.3 Å². The Bertz CT molecular complexity index is 1080. The van der Waals surface area contributed by atoms with Crippen LogP contribution < -0.4 is 0 Å². The standard InChI is InChI=1S/C22H21N3O6/c1-13-18(21(26)30-3)20(15-7-6-9-17(11-15)25(28)29)19(14(2)24-13)22(27)31-12-16-8-4-5-10-23-16/h4-11,18,20H,12H2,1-3H3/t18?,20-/m1/s1. The zero-order valence-corrected chi connectivity index (χ0v) is 17.3. The Morgan fingerprint density at radius 1 is 1.16 bits per heavy atom. The summed E-state index contributed by atoms with van der Waals surface area (Å²) in [7, 11) is 1.24. The van der Waals surface area contributed by atoms with Gasteiger partial charge in [0.2, 0.25) is 0 Å². The topological polar surface area (TPSA) is 121 Å². The minimum Gasteiger partial charge on any atom is -0.468 e. The Hall–Kier alpha value is -3.88. The highest BCUT2D eigenvalue weighted by molar-refractivity contribution is 6.07. The average molecular weight is 423 g/mol. The molecule has 9 nitrogen and oxygen atoms in total. The number of rotatable bonds is 6. The molecule has 1 unspecified atom stereocenters. The molecule has 1 aliphatic heterocycles. The number of hydrogen-bond acceptors (Lipinski definition) is 8. The van der Waals surface area contributed by atoms with Crippen molar-refractivity contribution in [2.24, 2.45) is 10.9 Å². The second-order valence-electron chi connectivity index (χ2n) is 6.98. The van der Waals surface area contributed by atoms with E-state index in [1.54, 1.807) is 44.3 Å². The van der Waals surface area contributed by atoms with Gasteiger partial charge in [0.1, 0.15) is 12.5 Å². The Kier molecular flexibility index (Phi) is 6.54. The molecule has 2 aromatic rings. The minimum atomic E-state index is -0.923. The van der Waals surface area contributed by atoms with Crippen molar-refractivity contribution in [1.82, 2.24) is 4.98 Å². The largest absolute Gasteiger partial charge is 0.468 e. The van der Waals surface area contributed by atoms with Gasteiger partial charge in [-0.1, -0.05) is 18.2 Å². The summed E-state index contributed by atoms with van der Waals surface area (Å²) in [6.45, 7) is 3.23. The molecule has 0 bridgehead atoms. The van der Waals surface area contributed by atoms with Gasteiger partial charge in [0.25, 0.3) is 5.69 Å². The van der Waals surface area contributed by atoms with E-state index < -0.39 is 28.7 Å². The molecule has 2 atom stereocenters. The van der Waals surface area contributed by atoms with Crippen molar-refractivity contribution < 1.29 is 24.0 Å². The number of non-ortho nitro benzene ring substituents is 1. The molecule has 0 radical (unpaired) electrons. The fourth-order valence-corrected chi connectivity index (χ4v) is 3.63. The molecular formula is C22H21N3O6. The number of methoxy groups -OCH3 is 1. The molecule has 0 N–H and O–H groups in total. The van der Waals surface area contributed by atoms with Crippen molar-refractivity contribution >= 4 is 23.3 Å². The van der Waals surface area contributed by atoms with E-state index in [0.29, 0.717) is 22.7 Å². The van der Waals surface area contributed by atoms with Gasteiger partial charge in [-0.2, -0.15) is 0 Å². The zero-order valence-electron chi connectivity index (χ0n) is 17.3. The molecule has 0 fully saturated rings. The van der Waals surface area contributed by atoms with E-state index in [0.717, 1.165) is 0 Å². The summed E-state index contributed by atoms with van der Waals surface area (Å²) < 4.78 is 10.4. The van der Waals surface area contributed by atoms with Crippen molar-refractivity contribution in [3.8, 4) is 0 Å². The van der Waals surface area contributed by atoms with E-state index in [1.165, 1.54) is 25.3 Å². The van der Waals surface area contributed by atoms with Crippen LogP contribution in [0.4, 0.5) is 5.69 Å². The smallest absolute Gasteiger partial charge is 0.336 e. The summed E-state index contributed by atoms with van der Waals surface area (Å²) in [5.74, 6) is -3.04. The molecule has 160 valence electrons. The molecule has 0 spiro atoms. The normalized spacial score (nSPS) is 18.2. The molecule has 0 saturated heterocycles. The van der Waals surface area contributed by atoms with Crippen molar-refractivity contribution in [1.29, 1.82) is 0 Å². The van der Waals surface area contributed by atoms with E-state index in [1.807, 2.05) is 0 Å². The predicted octanol–water partition coefficient (Wildman–Crippen LogP) is 3.35. The molecule has 1 aliphatic rings. The highest BCUT2D eigenvalue weighted by Crippen LogP contribution is 2.41. The quantitative estimate of drug-likeness (QED) is 0.397. The van der Waals surface area contributed by atoms with Crippen LogP contribution in [0.5, 0.6) is 0 Å². The SMILES string of the molecule is COC(=O)C1C(C)=NC(C)=C(C(=O)OCc2ccccn2)[C@@H]1c1cccc([N+](=O)[O-])c1. The van der Waals surface area contributed by atoms with Crippen LogP contribution >= 0.6 is 0 Å². The number of esters is 2. The number of benzene rings is 1. The van der Waals surface area contributed by atoms with Gasteiger partial charge in [-0.05, 0) is 31.5 Å². The first kappa shape index (κ1) is 21.8. The van der Waals surface area contributed by atoms with Gasteiger partial charge in [0.05, 0.1) is 23.3 Å². The number of aromatic nitrogens is 1. The van der Waals surface area contributed by atoms with E-state index in [2.05, 4.69) is 9.98 Å². The number of hydrogen-bond donors (Lipinski definition) is 0. The highest BCUT2D eigenvalue weighted by atomic mass is 16.6. The van der Waals surface area contributed by atoms with Gasteiger partial charge < -0.3 is 9.47 Å². The molecule has 0 aliphatic carbocycles. The maximum absolute atomic E-state index is 13.1. The van der Waals surface area contributed by atoms with Crippen molar-refractivity contribution in [2.45, 2.75) is 26.4 Å². The van der Waals surface area contributed by atoms with Gasteiger partial charge in [-0.3, -0.25) is 24.9 Å². The predicted molar refractivity (Wildman–Crippen MR) is 111 cm³/mol. The first-order chi connectivity index (χ1) is 14.8. The fourth-order valence-electron chi connectivity index (χ4n) is 3.63. The lowest BCUT2D eigenvalue weighted by atomic mass is 9.75. The average Bonchev–Trinajstić information content (AvgIpc) is 2.77. The maximum Gasteiger partial charge on any atom is 0.336 e. The van der Waals surface area contributed by atoms with E-state index in [4.69, 9.17) is 9.47 Å². The Labute approximate surface area is 178 Å². The number of carbonyl (C=O) groups excluding carboxylic acids is 2. The van der Waals surface area contributed by atoms with Crippen LogP contribution in [-0.4, -0.2) is 34.7 Å². The molecule has 0 amide bonds. The second-order valence-corrected chi connectivity index (χ2v) is 6.98. The number of nitrogens with zero attached hydrogens (tertiary/aromatic N) is 3. The van der Waals surface area contributed by atoms with E-state index in [-0.39, 0.29) is 17.9 Å². The lowest BCUT2D eigenvalue weighted by Crippen LogP contribution is -2.36. The second kappa shape index (κ2) is 9.29. The summed E-state index contributed by atoms with van der Waals surface area (Å²) >= 11 is 0. The summed E-state index contributed by atoms with van der Waals surface area (Å²) in [6.07, 6.45) is 1.58. The molecule has 3 rings (SSSR count). The number of nitro groups is 1. The zero-order chi connectivity index (χ0) is 22.5. The Balaban J connectivity index is 2.05. The maximum atomic E-state index is 13.1. The van der Waals surface area contributed by atoms with Crippen LogP contribution in [0.3, 0.4) is 0 Å². The minimum absolute atomic E-state index is 0.0658. The third-order valence-electron chi connectivity index (χ3n) is 5.02. The molecule has 1 aromatic heterocycles. The number of aliphatic imine (C=N–C) groups is 1. The molecule has 2 heterocycles. The van der Waals surface area contributed by atoms with Gasteiger partial charge in [-0.25, -0.2) is 4.79 Å². The van der Waals surface area contributed by atoms with Gasteiger partial charge >= 0.3 is 11.9 Å². The Morgan fingerprint density at radius 2 is 1.94 bits per heavy atom. The monoisotopic (exact) mass is 423 g/mol. The molecule has 1 aromatic carbocycles. The summed E-state index contributed by atoms with van der Waals surface area (Å²) in [6, 6.07) is 11.1. The van der Waals surface area contributed by atoms with Crippen LogP contribution in [0.15, 0.2) is 64.9 Å². The number of nitro benzene ring substituents is 1. The van der Waals surface area contributed by atoms with Crippen LogP contribution in [-0.2, 0) is 25.7 Å². The first-order valence-electron chi connectivity index (χ1n) is 9.48. The van der Waals surface area contributed by atoms with Crippen LogP contribution in [0, 0.1) is 16.0 Å². The summed E-state index contributed by atoms with van der Waals surface area (Å²) in [5, 5.41) is 11.3. The number of carbonyl (C=O) groups is 2. The lowest BCUT2D eigenvalue weighted by molar-refractivity contribution is -0.384. The Morgan fingerprint density at radius 3 is 2.58 bits per heavy atom. The van der Waals surface area contributed by atoms with Gasteiger partial charge in [0.15, 0.2) is 0 Å². The third-order valence-corrected chi connectivity index (χ3v) is 5.02. The lowest BCUT2D eigenvalue weighted by Gasteiger charge is -2.31. The van der Waals surface area contributed by atoms with E-state index in [9.17, 15) is 19.7 Å². The number of allylic oxidation sites excluding steroid dienone is 1. The van der Waals surface area contributed by atoms with Crippen LogP contribution in [0.25, 0.3) is 0 Å². The van der Waals surface area contributed by atoms with Crippen LogP contribution in [0.2, 0.25) is 0 Å². The summed E-state index contributed by atoms with van der Waals surface area (Å²) in [4.78, 5) is 44.9. The fraction of sp³-hybridized carbons (Fsp3) is 0.273. The van der Waals surface area contributed by atoms with Crippen LogP contribution in [0.1, 0.15) is 31.0 Å². The van der Waals surface area contributed by atoms with E-state index >= 15 is 0 Å². The number of pyridine rings is 1. The molecule has 31 heavy (non-hydrogen) atoms. The summed E-state index contributed by atoms with van der Waals surface area (Å²) in [5.41, 5.74) is 1.80. The van der Waals surface area contributed by atoms with Gasteiger partial charge in [-0.15, -0.1) is 0 Å². The number of ether oxygens (including phenoxy) is 2. The highest BCUT2D eigenvalue weighted by Gasteiger charge is 2.42.